The molecule has 0 aliphatic rings. The summed E-state index contributed by atoms with van der Waals surface area (Å²) in [6, 6.07) is 22.1. The minimum absolute atomic E-state index is 0.0491. The first kappa shape index (κ1) is 22.1. The molecule has 160 valence electrons. The zero-order chi connectivity index (χ0) is 22.9. The van der Waals surface area contributed by atoms with E-state index < -0.39 is 11.9 Å². The van der Waals surface area contributed by atoms with E-state index in [1.54, 1.807) is 66.7 Å². The summed E-state index contributed by atoms with van der Waals surface area (Å²) < 4.78 is 10.8. The molecule has 0 fully saturated rings. The average molecular weight is 428 g/mol. The molecule has 0 heterocycles. The lowest BCUT2D eigenvalue weighted by atomic mass is 10.1. The SMILES string of the molecule is COc1cccc(NC(=O)C(C#N)=Cc2ccc(OCc3cccc(C(=O)O)c3)cc2)c1. The Labute approximate surface area is 185 Å². The Hall–Kier alpha value is -4.57. The van der Waals surface area contributed by atoms with Crippen molar-refractivity contribution in [2.45, 2.75) is 6.61 Å². The molecule has 3 rings (SSSR count). The van der Waals surface area contributed by atoms with Crippen LogP contribution in [0.4, 0.5) is 5.69 Å². The van der Waals surface area contributed by atoms with Gasteiger partial charge in [-0.3, -0.25) is 4.79 Å². The van der Waals surface area contributed by atoms with Crippen LogP contribution in [-0.2, 0) is 11.4 Å². The molecule has 0 unspecified atom stereocenters. The number of nitriles is 1. The maximum absolute atomic E-state index is 12.4. The zero-order valence-corrected chi connectivity index (χ0v) is 17.2. The second-order valence-electron chi connectivity index (χ2n) is 6.72. The van der Waals surface area contributed by atoms with Crippen molar-refractivity contribution in [1.82, 2.24) is 0 Å². The lowest BCUT2D eigenvalue weighted by Crippen LogP contribution is -2.13. The first-order valence-electron chi connectivity index (χ1n) is 9.61. The van der Waals surface area contributed by atoms with E-state index in [1.807, 2.05) is 6.07 Å². The summed E-state index contributed by atoms with van der Waals surface area (Å²) in [5.74, 6) is -0.358. The minimum Gasteiger partial charge on any atom is -0.497 e. The van der Waals surface area contributed by atoms with Crippen LogP contribution in [0.3, 0.4) is 0 Å². The number of aromatic carboxylic acids is 1. The number of carbonyl (C=O) groups excluding carboxylic acids is 1. The highest BCUT2D eigenvalue weighted by molar-refractivity contribution is 6.09. The van der Waals surface area contributed by atoms with Gasteiger partial charge >= 0.3 is 5.97 Å². The van der Waals surface area contributed by atoms with Crippen molar-refractivity contribution in [3.8, 4) is 17.6 Å². The third-order valence-corrected chi connectivity index (χ3v) is 4.46. The number of methoxy groups -OCH3 is 1. The number of nitrogens with zero attached hydrogens (tertiary/aromatic N) is 1. The van der Waals surface area contributed by atoms with Crippen LogP contribution in [0.15, 0.2) is 78.4 Å². The fourth-order valence-corrected chi connectivity index (χ4v) is 2.84. The molecule has 0 aromatic heterocycles. The normalized spacial score (nSPS) is 10.7. The van der Waals surface area contributed by atoms with E-state index in [0.717, 1.165) is 5.56 Å². The van der Waals surface area contributed by atoms with E-state index in [1.165, 1.54) is 19.3 Å². The first-order chi connectivity index (χ1) is 15.5. The fraction of sp³-hybridized carbons (Fsp3) is 0.0800. The Morgan fingerprint density at radius 1 is 1.03 bits per heavy atom. The predicted octanol–water partition coefficient (Wildman–Crippen LogP) is 4.52. The maximum Gasteiger partial charge on any atom is 0.335 e. The van der Waals surface area contributed by atoms with Crippen LogP contribution < -0.4 is 14.8 Å². The molecule has 2 N–H and O–H groups in total. The quantitative estimate of drug-likeness (QED) is 0.403. The second kappa shape index (κ2) is 10.5. The molecule has 0 aliphatic heterocycles. The smallest absolute Gasteiger partial charge is 0.335 e. The van der Waals surface area contributed by atoms with Gasteiger partial charge in [0.05, 0.1) is 12.7 Å². The van der Waals surface area contributed by atoms with Crippen LogP contribution in [0.25, 0.3) is 6.08 Å². The predicted molar refractivity (Wildman–Crippen MR) is 119 cm³/mol. The zero-order valence-electron chi connectivity index (χ0n) is 17.2. The molecule has 0 saturated heterocycles. The summed E-state index contributed by atoms with van der Waals surface area (Å²) in [6.07, 6.45) is 1.48. The number of carboxylic acids is 1. The largest absolute Gasteiger partial charge is 0.497 e. The van der Waals surface area contributed by atoms with E-state index in [0.29, 0.717) is 22.7 Å². The molecule has 0 atom stereocenters. The number of nitrogens with one attached hydrogen (secondary N) is 1. The average Bonchev–Trinajstić information content (AvgIpc) is 2.82. The third kappa shape index (κ3) is 5.97. The molecule has 3 aromatic carbocycles. The van der Waals surface area contributed by atoms with Crippen LogP contribution in [0.5, 0.6) is 11.5 Å². The van der Waals surface area contributed by atoms with Crippen molar-refractivity contribution >= 4 is 23.6 Å². The van der Waals surface area contributed by atoms with E-state index in [9.17, 15) is 14.9 Å². The van der Waals surface area contributed by atoms with Crippen molar-refractivity contribution in [2.75, 3.05) is 12.4 Å². The molecule has 0 saturated carbocycles. The van der Waals surface area contributed by atoms with Crippen LogP contribution in [0.2, 0.25) is 0 Å². The van der Waals surface area contributed by atoms with Gasteiger partial charge < -0.3 is 19.9 Å². The molecule has 0 bridgehead atoms. The standard InChI is InChI=1S/C25H20N2O5/c1-31-23-7-3-6-21(14-23)27-24(28)20(15-26)12-17-8-10-22(11-9-17)32-16-18-4-2-5-19(13-18)25(29)30/h2-14H,16H2,1H3,(H,27,28)(H,29,30). The summed E-state index contributed by atoms with van der Waals surface area (Å²) in [5, 5.41) is 21.1. The van der Waals surface area contributed by atoms with E-state index >= 15 is 0 Å². The van der Waals surface area contributed by atoms with Gasteiger partial charge in [0, 0.05) is 11.8 Å². The Morgan fingerprint density at radius 3 is 2.47 bits per heavy atom. The van der Waals surface area contributed by atoms with Crippen molar-refractivity contribution in [1.29, 1.82) is 5.26 Å². The maximum atomic E-state index is 12.4. The number of hydrogen-bond acceptors (Lipinski definition) is 5. The van der Waals surface area contributed by atoms with Crippen molar-refractivity contribution in [3.63, 3.8) is 0 Å². The number of anilines is 1. The highest BCUT2D eigenvalue weighted by Gasteiger charge is 2.10. The number of ether oxygens (including phenoxy) is 2. The summed E-state index contributed by atoms with van der Waals surface area (Å²) in [4.78, 5) is 23.5. The highest BCUT2D eigenvalue weighted by Crippen LogP contribution is 2.19. The van der Waals surface area contributed by atoms with Gasteiger partial charge in [-0.2, -0.15) is 5.26 Å². The molecular formula is C25H20N2O5. The van der Waals surface area contributed by atoms with E-state index in [4.69, 9.17) is 14.6 Å². The number of carbonyl (C=O) groups is 2. The third-order valence-electron chi connectivity index (χ3n) is 4.46. The highest BCUT2D eigenvalue weighted by atomic mass is 16.5. The Kier molecular flexibility index (Phi) is 7.23. The molecule has 0 radical (unpaired) electrons. The molecule has 32 heavy (non-hydrogen) atoms. The van der Waals surface area contributed by atoms with Gasteiger partial charge in [0.25, 0.3) is 5.91 Å². The molecule has 1 amide bonds. The fourth-order valence-electron chi connectivity index (χ4n) is 2.84. The van der Waals surface area contributed by atoms with Gasteiger partial charge in [-0.15, -0.1) is 0 Å². The van der Waals surface area contributed by atoms with E-state index in [-0.39, 0.29) is 17.7 Å². The van der Waals surface area contributed by atoms with Gasteiger partial charge in [-0.1, -0.05) is 30.3 Å². The number of amides is 1. The number of hydrogen-bond donors (Lipinski definition) is 2. The summed E-state index contributed by atoms with van der Waals surface area (Å²) in [7, 11) is 1.53. The molecule has 7 nitrogen and oxygen atoms in total. The van der Waals surface area contributed by atoms with Crippen LogP contribution in [0, 0.1) is 11.3 Å². The number of benzene rings is 3. The second-order valence-corrected chi connectivity index (χ2v) is 6.72. The Morgan fingerprint density at radius 2 is 1.78 bits per heavy atom. The lowest BCUT2D eigenvalue weighted by Gasteiger charge is -2.08. The Balaban J connectivity index is 1.64. The molecule has 0 aliphatic carbocycles. The van der Waals surface area contributed by atoms with E-state index in [2.05, 4.69) is 5.32 Å². The lowest BCUT2D eigenvalue weighted by molar-refractivity contribution is -0.112. The molecule has 3 aromatic rings. The number of rotatable bonds is 8. The van der Waals surface area contributed by atoms with Crippen LogP contribution in [-0.4, -0.2) is 24.1 Å². The van der Waals surface area contributed by atoms with Gasteiger partial charge in [0.2, 0.25) is 0 Å². The van der Waals surface area contributed by atoms with Crippen molar-refractivity contribution in [2.24, 2.45) is 0 Å². The summed E-state index contributed by atoms with van der Waals surface area (Å²) in [5.41, 5.74) is 2.05. The van der Waals surface area contributed by atoms with Gasteiger partial charge in [0.1, 0.15) is 29.7 Å². The molecule has 7 heteroatoms. The molecular weight excluding hydrogens is 408 g/mol. The summed E-state index contributed by atoms with van der Waals surface area (Å²) in [6.45, 7) is 0.211. The van der Waals surface area contributed by atoms with Crippen molar-refractivity contribution < 1.29 is 24.2 Å². The van der Waals surface area contributed by atoms with Gasteiger partial charge in [-0.25, -0.2) is 4.79 Å². The summed E-state index contributed by atoms with van der Waals surface area (Å²) >= 11 is 0. The topological polar surface area (TPSA) is 109 Å². The minimum atomic E-state index is -0.994. The van der Waals surface area contributed by atoms with Crippen LogP contribution in [0.1, 0.15) is 21.5 Å². The number of carboxylic acid groups (broad SMARTS) is 1. The van der Waals surface area contributed by atoms with Crippen LogP contribution >= 0.6 is 0 Å². The monoisotopic (exact) mass is 428 g/mol. The van der Waals surface area contributed by atoms with Gasteiger partial charge in [-0.05, 0) is 53.6 Å². The Bertz CT molecular complexity index is 1190. The molecule has 0 spiro atoms. The first-order valence-corrected chi connectivity index (χ1v) is 9.61. The van der Waals surface area contributed by atoms with Crippen molar-refractivity contribution in [3.05, 3.63) is 95.1 Å². The van der Waals surface area contributed by atoms with Gasteiger partial charge in [0.15, 0.2) is 0 Å².